The van der Waals surface area contributed by atoms with Crippen LogP contribution in [0.4, 0.5) is 5.82 Å². The van der Waals surface area contributed by atoms with Gasteiger partial charge in [0.1, 0.15) is 5.82 Å². The number of carbonyl (C=O) groups is 2. The van der Waals surface area contributed by atoms with Crippen molar-refractivity contribution in [3.05, 3.63) is 59.3 Å². The van der Waals surface area contributed by atoms with Crippen LogP contribution in [0.25, 0.3) is 0 Å². The Morgan fingerprint density at radius 2 is 1.84 bits per heavy atom. The summed E-state index contributed by atoms with van der Waals surface area (Å²) in [7, 11) is 0. The van der Waals surface area contributed by atoms with Crippen LogP contribution in [0.1, 0.15) is 26.3 Å². The number of rotatable bonds is 3. The molecule has 2 amide bonds. The highest BCUT2D eigenvalue weighted by atomic mass is 16.2. The van der Waals surface area contributed by atoms with Crippen LogP contribution in [-0.2, 0) is 0 Å². The van der Waals surface area contributed by atoms with Crippen molar-refractivity contribution in [2.75, 3.05) is 5.32 Å². The van der Waals surface area contributed by atoms with Crippen molar-refractivity contribution in [3.63, 3.8) is 0 Å². The number of pyridine rings is 1. The van der Waals surface area contributed by atoms with Crippen molar-refractivity contribution >= 4 is 17.6 Å². The molecule has 0 aliphatic rings. The van der Waals surface area contributed by atoms with Crippen molar-refractivity contribution in [3.8, 4) is 0 Å². The van der Waals surface area contributed by atoms with Crippen molar-refractivity contribution < 1.29 is 9.59 Å². The Morgan fingerprint density at radius 3 is 2.47 bits per heavy atom. The van der Waals surface area contributed by atoms with Gasteiger partial charge in [-0.1, -0.05) is 17.7 Å². The Kier molecular flexibility index (Phi) is 3.56. The Balaban J connectivity index is 2.24. The molecule has 19 heavy (non-hydrogen) atoms. The van der Waals surface area contributed by atoms with E-state index in [4.69, 9.17) is 5.73 Å². The number of aromatic nitrogens is 1. The molecule has 5 nitrogen and oxygen atoms in total. The number of benzene rings is 1. The number of hydrogen-bond donors (Lipinski definition) is 2. The van der Waals surface area contributed by atoms with Crippen molar-refractivity contribution in [1.82, 2.24) is 4.98 Å². The smallest absolute Gasteiger partial charge is 0.256 e. The molecule has 0 aliphatic carbocycles. The average molecular weight is 255 g/mol. The summed E-state index contributed by atoms with van der Waals surface area (Å²) >= 11 is 0. The molecule has 1 aromatic heterocycles. The van der Waals surface area contributed by atoms with Crippen molar-refractivity contribution in [1.29, 1.82) is 0 Å². The van der Waals surface area contributed by atoms with Gasteiger partial charge in [0.05, 0.1) is 5.56 Å². The van der Waals surface area contributed by atoms with Crippen LogP contribution < -0.4 is 11.1 Å². The molecule has 0 bridgehead atoms. The van der Waals surface area contributed by atoms with Gasteiger partial charge in [0, 0.05) is 11.8 Å². The van der Waals surface area contributed by atoms with Gasteiger partial charge in [-0.15, -0.1) is 0 Å². The molecule has 0 radical (unpaired) electrons. The number of aryl methyl sites for hydroxylation is 1. The summed E-state index contributed by atoms with van der Waals surface area (Å²) in [6.07, 6.45) is 1.48. The minimum atomic E-state index is -0.632. The molecule has 1 aromatic carbocycles. The van der Waals surface area contributed by atoms with Crippen molar-refractivity contribution in [2.45, 2.75) is 6.92 Å². The molecule has 0 atom stereocenters. The predicted molar refractivity (Wildman–Crippen MR) is 71.9 cm³/mol. The summed E-state index contributed by atoms with van der Waals surface area (Å²) in [6.45, 7) is 1.94. The summed E-state index contributed by atoms with van der Waals surface area (Å²) < 4.78 is 0. The zero-order valence-corrected chi connectivity index (χ0v) is 10.4. The maximum absolute atomic E-state index is 12.0. The SMILES string of the molecule is Cc1ccc(C(=O)Nc2ncccc2C(N)=O)cc1. The first-order chi connectivity index (χ1) is 9.08. The van der Waals surface area contributed by atoms with Crippen LogP contribution >= 0.6 is 0 Å². The molecule has 0 unspecified atom stereocenters. The monoisotopic (exact) mass is 255 g/mol. The van der Waals surface area contributed by atoms with E-state index in [1.807, 2.05) is 19.1 Å². The first kappa shape index (κ1) is 12.8. The first-order valence-corrected chi connectivity index (χ1v) is 5.71. The molecule has 1 heterocycles. The Morgan fingerprint density at radius 1 is 1.16 bits per heavy atom. The first-order valence-electron chi connectivity index (χ1n) is 5.71. The molecule has 96 valence electrons. The zero-order chi connectivity index (χ0) is 13.8. The quantitative estimate of drug-likeness (QED) is 0.876. The second-order valence-electron chi connectivity index (χ2n) is 4.08. The molecule has 0 fully saturated rings. The van der Waals surface area contributed by atoms with Crippen molar-refractivity contribution in [2.24, 2.45) is 5.73 Å². The van der Waals surface area contributed by atoms with E-state index < -0.39 is 5.91 Å². The fourth-order valence-corrected chi connectivity index (χ4v) is 1.59. The fraction of sp³-hybridized carbons (Fsp3) is 0.0714. The Labute approximate surface area is 110 Å². The Bertz CT molecular complexity index is 621. The van der Waals surface area contributed by atoms with E-state index in [1.165, 1.54) is 12.3 Å². The number of nitrogens with zero attached hydrogens (tertiary/aromatic N) is 1. The number of hydrogen-bond acceptors (Lipinski definition) is 3. The van der Waals surface area contributed by atoms with E-state index in [1.54, 1.807) is 18.2 Å². The van der Waals surface area contributed by atoms with E-state index in [9.17, 15) is 9.59 Å². The van der Waals surface area contributed by atoms with Gasteiger partial charge in [0.2, 0.25) is 0 Å². The van der Waals surface area contributed by atoms with Gasteiger partial charge < -0.3 is 11.1 Å². The molecule has 0 saturated heterocycles. The summed E-state index contributed by atoms with van der Waals surface area (Å²) in [5, 5.41) is 2.58. The standard InChI is InChI=1S/C14H13N3O2/c1-9-4-6-10(7-5-9)14(19)17-13-11(12(15)18)3-2-8-16-13/h2-8H,1H3,(H2,15,18)(H,16,17,19). The van der Waals surface area contributed by atoms with Gasteiger partial charge in [-0.2, -0.15) is 0 Å². The minimum Gasteiger partial charge on any atom is -0.365 e. The van der Waals surface area contributed by atoms with E-state index in [2.05, 4.69) is 10.3 Å². The van der Waals surface area contributed by atoms with Gasteiger partial charge in [-0.05, 0) is 31.2 Å². The number of nitrogens with one attached hydrogen (secondary N) is 1. The molecular formula is C14H13N3O2. The summed E-state index contributed by atoms with van der Waals surface area (Å²) in [5.74, 6) is -0.797. The lowest BCUT2D eigenvalue weighted by molar-refractivity contribution is 0.100. The maximum Gasteiger partial charge on any atom is 0.256 e. The second kappa shape index (κ2) is 5.30. The molecule has 5 heteroatoms. The highest BCUT2D eigenvalue weighted by molar-refractivity contribution is 6.07. The summed E-state index contributed by atoms with van der Waals surface area (Å²) in [4.78, 5) is 27.2. The van der Waals surface area contributed by atoms with E-state index in [0.717, 1.165) is 5.56 Å². The number of carbonyl (C=O) groups excluding carboxylic acids is 2. The van der Waals surface area contributed by atoms with Crippen LogP contribution in [-0.4, -0.2) is 16.8 Å². The summed E-state index contributed by atoms with van der Waals surface area (Å²) in [5.41, 5.74) is 6.96. The zero-order valence-electron chi connectivity index (χ0n) is 10.4. The maximum atomic E-state index is 12.0. The lowest BCUT2D eigenvalue weighted by Crippen LogP contribution is -2.19. The largest absolute Gasteiger partial charge is 0.365 e. The lowest BCUT2D eigenvalue weighted by Gasteiger charge is -2.07. The van der Waals surface area contributed by atoms with Crippen LogP contribution in [0.3, 0.4) is 0 Å². The number of amides is 2. The molecule has 0 spiro atoms. The van der Waals surface area contributed by atoms with Gasteiger partial charge in [-0.25, -0.2) is 4.98 Å². The third-order valence-corrected chi connectivity index (χ3v) is 2.62. The normalized spacial score (nSPS) is 9.95. The predicted octanol–water partition coefficient (Wildman–Crippen LogP) is 1.74. The third kappa shape index (κ3) is 2.95. The number of primary amides is 1. The third-order valence-electron chi connectivity index (χ3n) is 2.62. The topological polar surface area (TPSA) is 85.1 Å². The van der Waals surface area contributed by atoms with Crippen LogP contribution in [0.15, 0.2) is 42.6 Å². The van der Waals surface area contributed by atoms with Gasteiger partial charge in [0.15, 0.2) is 0 Å². The molecule has 3 N–H and O–H groups in total. The molecular weight excluding hydrogens is 242 g/mol. The Hall–Kier alpha value is -2.69. The van der Waals surface area contributed by atoms with Gasteiger partial charge >= 0.3 is 0 Å². The molecule has 0 aliphatic heterocycles. The van der Waals surface area contributed by atoms with Gasteiger partial charge in [-0.3, -0.25) is 9.59 Å². The van der Waals surface area contributed by atoms with Gasteiger partial charge in [0.25, 0.3) is 11.8 Å². The molecule has 2 aromatic rings. The molecule has 2 rings (SSSR count). The average Bonchev–Trinajstić information content (AvgIpc) is 2.39. The minimum absolute atomic E-state index is 0.167. The number of nitrogens with two attached hydrogens (primary N) is 1. The lowest BCUT2D eigenvalue weighted by atomic mass is 10.1. The molecule has 0 saturated carbocycles. The summed E-state index contributed by atoms with van der Waals surface area (Å²) in [6, 6.07) is 10.2. The van der Waals surface area contributed by atoms with Crippen LogP contribution in [0, 0.1) is 6.92 Å². The van der Waals surface area contributed by atoms with E-state index in [0.29, 0.717) is 5.56 Å². The highest BCUT2D eigenvalue weighted by Crippen LogP contribution is 2.12. The second-order valence-corrected chi connectivity index (χ2v) is 4.08. The van der Waals surface area contributed by atoms with Crippen LogP contribution in [0.5, 0.6) is 0 Å². The van der Waals surface area contributed by atoms with E-state index >= 15 is 0 Å². The number of anilines is 1. The van der Waals surface area contributed by atoms with E-state index in [-0.39, 0.29) is 17.3 Å². The van der Waals surface area contributed by atoms with Crippen LogP contribution in [0.2, 0.25) is 0 Å². The fourth-order valence-electron chi connectivity index (χ4n) is 1.59. The highest BCUT2D eigenvalue weighted by Gasteiger charge is 2.12.